The second kappa shape index (κ2) is 6.31. The molecule has 0 aliphatic carbocycles. The maximum atomic E-state index is 11.9. The summed E-state index contributed by atoms with van der Waals surface area (Å²) in [7, 11) is 0. The highest BCUT2D eigenvalue weighted by atomic mass is 16.5. The van der Waals surface area contributed by atoms with Crippen LogP contribution >= 0.6 is 0 Å². The van der Waals surface area contributed by atoms with Gasteiger partial charge in [0.2, 0.25) is 5.56 Å². The van der Waals surface area contributed by atoms with E-state index in [1.807, 2.05) is 31.2 Å². The molecule has 0 bridgehead atoms. The van der Waals surface area contributed by atoms with E-state index in [0.717, 1.165) is 11.3 Å². The molecule has 1 amide bonds. The predicted molar refractivity (Wildman–Crippen MR) is 84.9 cm³/mol. The SMILES string of the molecule is Cc1ccc(-c2cc(CNC(=O)c3ccc(=O)[nH]c3)on2)cc1. The Morgan fingerprint density at radius 2 is 2.00 bits per heavy atom. The summed E-state index contributed by atoms with van der Waals surface area (Å²) >= 11 is 0. The first-order chi connectivity index (χ1) is 11.1. The van der Waals surface area contributed by atoms with E-state index in [9.17, 15) is 9.59 Å². The number of nitrogens with one attached hydrogen (secondary N) is 2. The number of H-pyrrole nitrogens is 1. The lowest BCUT2D eigenvalue weighted by atomic mass is 10.1. The van der Waals surface area contributed by atoms with Crippen LogP contribution in [0.15, 0.2) is 58.0 Å². The molecule has 23 heavy (non-hydrogen) atoms. The molecule has 6 heteroatoms. The van der Waals surface area contributed by atoms with Gasteiger partial charge in [0.05, 0.1) is 12.1 Å². The van der Waals surface area contributed by atoms with Crippen molar-refractivity contribution in [3.63, 3.8) is 0 Å². The number of hydrogen-bond acceptors (Lipinski definition) is 4. The van der Waals surface area contributed by atoms with Crippen molar-refractivity contribution >= 4 is 5.91 Å². The van der Waals surface area contributed by atoms with Crippen LogP contribution in [0.4, 0.5) is 0 Å². The number of hydrogen-bond donors (Lipinski definition) is 2. The Bertz CT molecular complexity index is 858. The molecule has 0 aliphatic rings. The van der Waals surface area contributed by atoms with Crippen LogP contribution in [0.3, 0.4) is 0 Å². The minimum atomic E-state index is -0.297. The fraction of sp³-hybridized carbons (Fsp3) is 0.118. The minimum absolute atomic E-state index is 0.219. The Morgan fingerprint density at radius 1 is 1.22 bits per heavy atom. The highest BCUT2D eigenvalue weighted by molar-refractivity contribution is 5.93. The lowest BCUT2D eigenvalue weighted by molar-refractivity contribution is 0.0946. The molecule has 0 aliphatic heterocycles. The molecule has 2 heterocycles. The maximum absolute atomic E-state index is 11.9. The van der Waals surface area contributed by atoms with Crippen molar-refractivity contribution in [2.24, 2.45) is 0 Å². The zero-order chi connectivity index (χ0) is 16.2. The number of rotatable bonds is 4. The van der Waals surface area contributed by atoms with Crippen LogP contribution in [0.2, 0.25) is 0 Å². The fourth-order valence-electron chi connectivity index (χ4n) is 2.08. The van der Waals surface area contributed by atoms with Crippen LogP contribution in [-0.4, -0.2) is 16.0 Å². The van der Waals surface area contributed by atoms with E-state index in [1.54, 1.807) is 6.07 Å². The quantitative estimate of drug-likeness (QED) is 0.774. The molecular weight excluding hydrogens is 294 g/mol. The Hall–Kier alpha value is -3.15. The molecule has 0 spiro atoms. The van der Waals surface area contributed by atoms with Crippen molar-refractivity contribution < 1.29 is 9.32 Å². The first kappa shape index (κ1) is 14.8. The predicted octanol–water partition coefficient (Wildman–Crippen LogP) is 2.27. The fourth-order valence-corrected chi connectivity index (χ4v) is 2.08. The van der Waals surface area contributed by atoms with E-state index in [4.69, 9.17) is 4.52 Å². The molecule has 116 valence electrons. The Labute approximate surface area is 132 Å². The topological polar surface area (TPSA) is 88.0 Å². The number of benzene rings is 1. The third-order valence-electron chi connectivity index (χ3n) is 3.38. The van der Waals surface area contributed by atoms with E-state index >= 15 is 0 Å². The third kappa shape index (κ3) is 3.55. The number of aryl methyl sites for hydroxylation is 1. The Balaban J connectivity index is 1.65. The molecule has 1 aromatic carbocycles. The molecule has 2 N–H and O–H groups in total. The summed E-state index contributed by atoms with van der Waals surface area (Å²) in [6.07, 6.45) is 1.37. The molecule has 0 saturated heterocycles. The first-order valence-electron chi connectivity index (χ1n) is 7.11. The summed E-state index contributed by atoms with van der Waals surface area (Å²) in [5.74, 6) is 0.257. The summed E-state index contributed by atoms with van der Waals surface area (Å²) in [5.41, 5.74) is 2.98. The van der Waals surface area contributed by atoms with Crippen molar-refractivity contribution in [1.82, 2.24) is 15.5 Å². The second-order valence-electron chi connectivity index (χ2n) is 5.17. The third-order valence-corrected chi connectivity index (χ3v) is 3.38. The molecule has 0 unspecified atom stereocenters. The van der Waals surface area contributed by atoms with Crippen molar-refractivity contribution in [2.75, 3.05) is 0 Å². The number of aromatic nitrogens is 2. The molecule has 2 aromatic heterocycles. The van der Waals surface area contributed by atoms with Gasteiger partial charge < -0.3 is 14.8 Å². The smallest absolute Gasteiger partial charge is 0.253 e. The van der Waals surface area contributed by atoms with Crippen LogP contribution < -0.4 is 10.9 Å². The number of nitrogens with zero attached hydrogens (tertiary/aromatic N) is 1. The van der Waals surface area contributed by atoms with Crippen molar-refractivity contribution in [1.29, 1.82) is 0 Å². The van der Waals surface area contributed by atoms with Gasteiger partial charge in [-0.2, -0.15) is 0 Å². The van der Waals surface area contributed by atoms with Gasteiger partial charge in [-0.25, -0.2) is 0 Å². The van der Waals surface area contributed by atoms with Crippen LogP contribution in [0.25, 0.3) is 11.3 Å². The summed E-state index contributed by atoms with van der Waals surface area (Å²) < 4.78 is 5.23. The van der Waals surface area contributed by atoms with Crippen molar-refractivity contribution in [3.05, 3.63) is 75.9 Å². The molecule has 6 nitrogen and oxygen atoms in total. The summed E-state index contributed by atoms with van der Waals surface area (Å²) in [6.45, 7) is 2.24. The number of amides is 1. The molecule has 3 rings (SSSR count). The summed E-state index contributed by atoms with van der Waals surface area (Å²) in [4.78, 5) is 25.4. The molecule has 0 saturated carbocycles. The molecular formula is C17H15N3O3. The maximum Gasteiger partial charge on any atom is 0.253 e. The molecule has 0 fully saturated rings. The number of carbonyl (C=O) groups is 1. The van der Waals surface area contributed by atoms with E-state index < -0.39 is 0 Å². The van der Waals surface area contributed by atoms with E-state index in [0.29, 0.717) is 11.3 Å². The monoisotopic (exact) mass is 309 g/mol. The number of pyridine rings is 1. The molecule has 0 atom stereocenters. The standard InChI is InChI=1S/C17H15N3O3/c1-11-2-4-12(5-3-11)15-8-14(23-20-15)10-19-17(22)13-6-7-16(21)18-9-13/h2-9H,10H2,1H3,(H,18,21)(H,19,22). The van der Waals surface area contributed by atoms with Gasteiger partial charge >= 0.3 is 0 Å². The van der Waals surface area contributed by atoms with Crippen LogP contribution in [0.1, 0.15) is 21.7 Å². The Morgan fingerprint density at radius 3 is 2.70 bits per heavy atom. The van der Waals surface area contributed by atoms with Gasteiger partial charge in [-0.05, 0) is 13.0 Å². The van der Waals surface area contributed by atoms with E-state index in [1.165, 1.54) is 23.9 Å². The highest BCUT2D eigenvalue weighted by Crippen LogP contribution is 2.19. The number of aromatic amines is 1. The normalized spacial score (nSPS) is 10.5. The Kier molecular flexibility index (Phi) is 4.05. The lowest BCUT2D eigenvalue weighted by Gasteiger charge is -2.01. The van der Waals surface area contributed by atoms with Gasteiger partial charge in [0.25, 0.3) is 5.91 Å². The van der Waals surface area contributed by atoms with Gasteiger partial charge in [0, 0.05) is 23.9 Å². The largest absolute Gasteiger partial charge is 0.359 e. The van der Waals surface area contributed by atoms with Gasteiger partial charge in [-0.1, -0.05) is 35.0 Å². The average molecular weight is 309 g/mol. The second-order valence-corrected chi connectivity index (χ2v) is 5.17. The summed E-state index contributed by atoms with van der Waals surface area (Å²) in [6, 6.07) is 12.5. The summed E-state index contributed by atoms with van der Waals surface area (Å²) in [5, 5.41) is 6.72. The lowest BCUT2D eigenvalue weighted by Crippen LogP contribution is -2.23. The average Bonchev–Trinajstić information content (AvgIpc) is 3.03. The van der Waals surface area contributed by atoms with E-state index in [2.05, 4.69) is 15.5 Å². The van der Waals surface area contributed by atoms with Crippen LogP contribution in [0, 0.1) is 6.92 Å². The van der Waals surface area contributed by atoms with Gasteiger partial charge in [0.15, 0.2) is 5.76 Å². The van der Waals surface area contributed by atoms with Crippen molar-refractivity contribution in [2.45, 2.75) is 13.5 Å². The zero-order valence-corrected chi connectivity index (χ0v) is 12.5. The molecule has 0 radical (unpaired) electrons. The van der Waals surface area contributed by atoms with Crippen LogP contribution in [0.5, 0.6) is 0 Å². The van der Waals surface area contributed by atoms with Crippen molar-refractivity contribution in [3.8, 4) is 11.3 Å². The van der Waals surface area contributed by atoms with Crippen LogP contribution in [-0.2, 0) is 6.54 Å². The van der Waals surface area contributed by atoms with E-state index in [-0.39, 0.29) is 18.0 Å². The van der Waals surface area contributed by atoms with Gasteiger partial charge in [-0.3, -0.25) is 9.59 Å². The highest BCUT2D eigenvalue weighted by Gasteiger charge is 2.09. The van der Waals surface area contributed by atoms with Gasteiger partial charge in [-0.15, -0.1) is 0 Å². The zero-order valence-electron chi connectivity index (χ0n) is 12.5. The van der Waals surface area contributed by atoms with Gasteiger partial charge in [0.1, 0.15) is 5.69 Å². The molecule has 3 aromatic rings. The first-order valence-corrected chi connectivity index (χ1v) is 7.11. The number of carbonyl (C=O) groups excluding carboxylic acids is 1. The minimum Gasteiger partial charge on any atom is -0.359 e.